The molecule has 23 heavy (non-hydrogen) atoms. The molecule has 0 aromatic heterocycles. The predicted molar refractivity (Wildman–Crippen MR) is 102 cm³/mol. The highest BCUT2D eigenvalue weighted by Gasteiger charge is 2.18. The van der Waals surface area contributed by atoms with E-state index in [2.05, 4.69) is 23.2 Å². The zero-order chi connectivity index (χ0) is 17.1. The number of rotatable bonds is 7. The van der Waals surface area contributed by atoms with E-state index in [1.807, 2.05) is 45.0 Å². The van der Waals surface area contributed by atoms with Crippen molar-refractivity contribution in [2.75, 3.05) is 0 Å². The lowest BCUT2D eigenvalue weighted by atomic mass is 10.1. The van der Waals surface area contributed by atoms with E-state index in [1.165, 1.54) is 25.7 Å². The van der Waals surface area contributed by atoms with Crippen molar-refractivity contribution in [2.45, 2.75) is 71.0 Å². The van der Waals surface area contributed by atoms with Crippen molar-refractivity contribution in [1.82, 2.24) is 0 Å². The number of hydrogen-bond donors (Lipinski definition) is 0. The van der Waals surface area contributed by atoms with Crippen LogP contribution in [-0.2, 0) is 11.0 Å². The second kappa shape index (κ2) is 10.4. The molecular formula is C20H29NOS. The average molecular weight is 332 g/mol. The third-order valence-corrected chi connectivity index (χ3v) is 4.75. The fraction of sp³-hybridized carbons (Fsp3) is 0.550. The number of benzene rings is 1. The quantitative estimate of drug-likeness (QED) is 0.380. The molecule has 0 aliphatic carbocycles. The largest absolute Gasteiger partial charge is 0.234 e. The molecule has 0 amide bonds. The van der Waals surface area contributed by atoms with Gasteiger partial charge in [-0.2, -0.15) is 4.40 Å². The van der Waals surface area contributed by atoms with Crippen LogP contribution in [0.4, 0.5) is 0 Å². The minimum atomic E-state index is -1.24. The Balaban J connectivity index is 2.64. The third-order valence-electron chi connectivity index (χ3n) is 3.40. The topological polar surface area (TPSA) is 29.4 Å². The van der Waals surface area contributed by atoms with E-state index in [4.69, 9.17) is 0 Å². The van der Waals surface area contributed by atoms with Crippen LogP contribution in [0.5, 0.6) is 0 Å². The Morgan fingerprint density at radius 2 is 1.83 bits per heavy atom. The Hall–Kier alpha value is -1.40. The Morgan fingerprint density at radius 1 is 1.13 bits per heavy atom. The van der Waals surface area contributed by atoms with Crippen LogP contribution in [0.2, 0.25) is 0 Å². The maximum Gasteiger partial charge on any atom is 0.144 e. The fourth-order valence-electron chi connectivity index (χ4n) is 1.96. The first-order valence-corrected chi connectivity index (χ1v) is 9.59. The summed E-state index contributed by atoms with van der Waals surface area (Å²) in [6.45, 7) is 7.99. The van der Waals surface area contributed by atoms with Crippen LogP contribution in [0.1, 0.15) is 77.3 Å². The van der Waals surface area contributed by atoms with Crippen molar-refractivity contribution >= 4 is 17.2 Å². The van der Waals surface area contributed by atoms with E-state index in [1.54, 1.807) is 6.21 Å². The normalized spacial score (nSPS) is 12.9. The van der Waals surface area contributed by atoms with Crippen LogP contribution in [0, 0.1) is 11.8 Å². The first kappa shape index (κ1) is 19.6. The smallest absolute Gasteiger partial charge is 0.144 e. The Labute approximate surface area is 144 Å². The van der Waals surface area contributed by atoms with Crippen LogP contribution >= 0.6 is 0 Å². The summed E-state index contributed by atoms with van der Waals surface area (Å²) in [6.07, 6.45) is 8.94. The molecule has 0 aliphatic rings. The standard InChI is InChI=1S/C20H29NOS/c1-5-6-7-8-9-10-11-14-18-15-12-13-16-19(18)17-21-23(22)20(2,3)4/h12-13,15-17H,5-10H2,1-4H3. The van der Waals surface area contributed by atoms with E-state index >= 15 is 0 Å². The van der Waals surface area contributed by atoms with Crippen LogP contribution in [0.3, 0.4) is 0 Å². The van der Waals surface area contributed by atoms with Crippen LogP contribution in [0.25, 0.3) is 0 Å². The summed E-state index contributed by atoms with van der Waals surface area (Å²) < 4.78 is 15.9. The fourth-order valence-corrected chi connectivity index (χ4v) is 2.49. The zero-order valence-electron chi connectivity index (χ0n) is 14.9. The maximum absolute atomic E-state index is 12.0. The molecule has 0 heterocycles. The lowest BCUT2D eigenvalue weighted by Gasteiger charge is -2.12. The van der Waals surface area contributed by atoms with Gasteiger partial charge in [0, 0.05) is 23.8 Å². The van der Waals surface area contributed by atoms with Crippen molar-refractivity contribution in [1.29, 1.82) is 0 Å². The molecule has 0 aliphatic heterocycles. The monoisotopic (exact) mass is 331 g/mol. The first-order chi connectivity index (χ1) is 10.9. The Bertz CT molecular complexity index is 588. The highest BCUT2D eigenvalue weighted by Crippen LogP contribution is 2.13. The minimum absolute atomic E-state index is 0.338. The molecule has 0 saturated heterocycles. The lowest BCUT2D eigenvalue weighted by Crippen LogP contribution is -2.19. The van der Waals surface area contributed by atoms with Gasteiger partial charge in [-0.15, -0.1) is 0 Å². The number of unbranched alkanes of at least 4 members (excludes halogenated alkanes) is 5. The van der Waals surface area contributed by atoms with Gasteiger partial charge in [0.25, 0.3) is 0 Å². The molecule has 2 nitrogen and oxygen atoms in total. The van der Waals surface area contributed by atoms with E-state index in [0.29, 0.717) is 0 Å². The van der Waals surface area contributed by atoms with Crippen molar-refractivity contribution in [2.24, 2.45) is 4.40 Å². The van der Waals surface area contributed by atoms with Gasteiger partial charge in [-0.05, 0) is 33.3 Å². The summed E-state index contributed by atoms with van der Waals surface area (Å²) in [5, 5.41) is 0. The van der Waals surface area contributed by atoms with Crippen LogP contribution in [-0.4, -0.2) is 15.2 Å². The molecule has 0 N–H and O–H groups in total. The summed E-state index contributed by atoms with van der Waals surface area (Å²) in [7, 11) is -1.24. The van der Waals surface area contributed by atoms with Gasteiger partial charge in [0.2, 0.25) is 0 Å². The maximum atomic E-state index is 12.0. The van der Waals surface area contributed by atoms with Gasteiger partial charge >= 0.3 is 0 Å². The molecule has 126 valence electrons. The van der Waals surface area contributed by atoms with Gasteiger partial charge in [0.05, 0.1) is 4.75 Å². The summed E-state index contributed by atoms with van der Waals surface area (Å²) in [4.78, 5) is 0. The minimum Gasteiger partial charge on any atom is -0.234 e. The van der Waals surface area contributed by atoms with E-state index < -0.39 is 11.0 Å². The molecule has 1 rings (SSSR count). The second-order valence-corrected chi connectivity index (χ2v) is 8.58. The third kappa shape index (κ3) is 8.13. The average Bonchev–Trinajstić information content (AvgIpc) is 2.51. The summed E-state index contributed by atoms with van der Waals surface area (Å²) in [6, 6.07) is 7.89. The van der Waals surface area contributed by atoms with Crippen LogP contribution < -0.4 is 0 Å². The van der Waals surface area contributed by atoms with Crippen molar-refractivity contribution in [3.8, 4) is 11.8 Å². The summed E-state index contributed by atoms with van der Waals surface area (Å²) in [5.41, 5.74) is 1.89. The Kier molecular flexibility index (Phi) is 8.87. The molecule has 0 bridgehead atoms. The second-order valence-electron chi connectivity index (χ2n) is 6.65. The van der Waals surface area contributed by atoms with Gasteiger partial charge in [-0.25, -0.2) is 4.21 Å². The van der Waals surface area contributed by atoms with Crippen LogP contribution in [0.15, 0.2) is 28.7 Å². The number of nitrogens with zero attached hydrogens (tertiary/aromatic N) is 1. The molecule has 0 saturated carbocycles. The first-order valence-electron chi connectivity index (χ1n) is 8.49. The summed E-state index contributed by atoms with van der Waals surface area (Å²) in [5.74, 6) is 6.48. The zero-order valence-corrected chi connectivity index (χ0v) is 15.7. The molecule has 3 heteroatoms. The Morgan fingerprint density at radius 3 is 2.52 bits per heavy atom. The van der Waals surface area contributed by atoms with Gasteiger partial charge in [-0.3, -0.25) is 0 Å². The molecule has 1 aromatic carbocycles. The highest BCUT2D eigenvalue weighted by molar-refractivity contribution is 7.85. The van der Waals surface area contributed by atoms with E-state index in [0.717, 1.165) is 24.0 Å². The lowest BCUT2D eigenvalue weighted by molar-refractivity contribution is 0.641. The number of hydrogen-bond acceptors (Lipinski definition) is 1. The molecule has 0 spiro atoms. The molecule has 1 atom stereocenters. The van der Waals surface area contributed by atoms with E-state index in [-0.39, 0.29) is 4.75 Å². The predicted octanol–water partition coefficient (Wildman–Crippen LogP) is 5.28. The molecule has 1 unspecified atom stereocenters. The van der Waals surface area contributed by atoms with Gasteiger partial charge in [0.1, 0.15) is 11.0 Å². The summed E-state index contributed by atoms with van der Waals surface area (Å²) >= 11 is 0. The van der Waals surface area contributed by atoms with Gasteiger partial charge < -0.3 is 0 Å². The SMILES string of the molecule is CCCCCCCC#Cc1ccccc1C=NS(=O)C(C)(C)C. The van der Waals surface area contributed by atoms with Crippen molar-refractivity contribution in [3.05, 3.63) is 35.4 Å². The molecule has 0 radical (unpaired) electrons. The van der Waals surface area contributed by atoms with E-state index in [9.17, 15) is 4.21 Å². The molecule has 0 fully saturated rings. The highest BCUT2D eigenvalue weighted by atomic mass is 32.2. The van der Waals surface area contributed by atoms with Crippen molar-refractivity contribution < 1.29 is 4.21 Å². The van der Waals surface area contributed by atoms with Gasteiger partial charge in [0.15, 0.2) is 0 Å². The molecular weight excluding hydrogens is 302 g/mol. The van der Waals surface area contributed by atoms with Crippen molar-refractivity contribution in [3.63, 3.8) is 0 Å². The molecule has 1 aromatic rings. The van der Waals surface area contributed by atoms with Gasteiger partial charge in [-0.1, -0.05) is 62.6 Å².